The van der Waals surface area contributed by atoms with Crippen LogP contribution in [0.1, 0.15) is 40.0 Å². The number of nitrogens with zero attached hydrogens (tertiary/aromatic N) is 2. The standard InChI is InChI=1S/C15H26N2O3/c1-15(2,3)20-14(18)17-8-7-11(13(10-17)19-4)9-16-12-5-6-12/h9,12,14,18H,5-8,10H2,1-4H3/b16-9+. The lowest BCUT2D eigenvalue weighted by Gasteiger charge is -2.35. The first kappa shape index (κ1) is 15.5. The van der Waals surface area contributed by atoms with Gasteiger partial charge in [0.15, 0.2) is 0 Å². The molecule has 1 N–H and O–H groups in total. The van der Waals surface area contributed by atoms with Gasteiger partial charge in [-0.3, -0.25) is 4.99 Å². The van der Waals surface area contributed by atoms with Gasteiger partial charge < -0.3 is 14.6 Å². The van der Waals surface area contributed by atoms with Crippen LogP contribution in [0.3, 0.4) is 0 Å². The Hall–Kier alpha value is -0.910. The minimum Gasteiger partial charge on any atom is -0.499 e. The summed E-state index contributed by atoms with van der Waals surface area (Å²) in [4.78, 5) is 6.39. The monoisotopic (exact) mass is 282 g/mol. The highest BCUT2D eigenvalue weighted by atomic mass is 16.6. The first-order valence-corrected chi connectivity index (χ1v) is 7.28. The second-order valence-corrected chi connectivity index (χ2v) is 6.44. The second-order valence-electron chi connectivity index (χ2n) is 6.44. The number of aliphatic hydroxyl groups excluding tert-OH is 1. The van der Waals surface area contributed by atoms with Crippen LogP contribution in [-0.2, 0) is 9.47 Å². The van der Waals surface area contributed by atoms with Gasteiger partial charge in [0, 0.05) is 18.3 Å². The maximum atomic E-state index is 10.1. The lowest BCUT2D eigenvalue weighted by molar-refractivity contribution is -0.239. The molecule has 0 aromatic rings. The van der Waals surface area contributed by atoms with Crippen LogP contribution in [0.5, 0.6) is 0 Å². The summed E-state index contributed by atoms with van der Waals surface area (Å²) in [5, 5.41) is 10.1. The first-order valence-electron chi connectivity index (χ1n) is 7.28. The predicted octanol–water partition coefficient (Wildman–Crippen LogP) is 1.92. The van der Waals surface area contributed by atoms with E-state index in [9.17, 15) is 5.11 Å². The highest BCUT2D eigenvalue weighted by Gasteiger charge is 2.28. The molecule has 1 aliphatic carbocycles. The summed E-state index contributed by atoms with van der Waals surface area (Å²) >= 11 is 0. The van der Waals surface area contributed by atoms with Crippen LogP contribution < -0.4 is 0 Å². The van der Waals surface area contributed by atoms with Gasteiger partial charge in [-0.1, -0.05) is 0 Å². The molecular formula is C15H26N2O3. The molecule has 0 aromatic carbocycles. The second kappa shape index (κ2) is 6.24. The third-order valence-electron chi connectivity index (χ3n) is 3.38. The van der Waals surface area contributed by atoms with E-state index in [4.69, 9.17) is 9.47 Å². The molecule has 1 heterocycles. The quantitative estimate of drug-likeness (QED) is 0.618. The van der Waals surface area contributed by atoms with Crippen molar-refractivity contribution in [1.29, 1.82) is 0 Å². The summed E-state index contributed by atoms with van der Waals surface area (Å²) in [6.07, 6.45) is 4.28. The third-order valence-corrected chi connectivity index (χ3v) is 3.38. The van der Waals surface area contributed by atoms with Gasteiger partial charge in [0.25, 0.3) is 0 Å². The Labute approximate surface area is 121 Å². The smallest absolute Gasteiger partial charge is 0.217 e. The van der Waals surface area contributed by atoms with Gasteiger partial charge >= 0.3 is 0 Å². The Morgan fingerprint density at radius 1 is 1.40 bits per heavy atom. The van der Waals surface area contributed by atoms with Crippen LogP contribution in [0.2, 0.25) is 0 Å². The Morgan fingerprint density at radius 2 is 2.10 bits per heavy atom. The van der Waals surface area contributed by atoms with Crippen LogP contribution in [0, 0.1) is 0 Å². The van der Waals surface area contributed by atoms with Crippen LogP contribution >= 0.6 is 0 Å². The van der Waals surface area contributed by atoms with Crippen molar-refractivity contribution >= 4 is 6.21 Å². The zero-order chi connectivity index (χ0) is 14.8. The average molecular weight is 282 g/mol. The predicted molar refractivity (Wildman–Crippen MR) is 78.6 cm³/mol. The number of methoxy groups -OCH3 is 1. The number of hydrogen-bond acceptors (Lipinski definition) is 5. The van der Waals surface area contributed by atoms with Crippen LogP contribution in [-0.4, -0.2) is 54.5 Å². The summed E-state index contributed by atoms with van der Waals surface area (Å²) in [6, 6.07) is 0.522. The molecule has 114 valence electrons. The zero-order valence-electron chi connectivity index (χ0n) is 12.9. The molecule has 5 nitrogen and oxygen atoms in total. The van der Waals surface area contributed by atoms with Crippen molar-refractivity contribution in [1.82, 2.24) is 4.90 Å². The van der Waals surface area contributed by atoms with E-state index in [0.29, 0.717) is 12.6 Å². The Kier molecular flexibility index (Phi) is 4.83. The van der Waals surface area contributed by atoms with Crippen molar-refractivity contribution in [2.24, 2.45) is 4.99 Å². The number of ether oxygens (including phenoxy) is 2. The molecule has 1 aliphatic heterocycles. The fourth-order valence-corrected chi connectivity index (χ4v) is 2.10. The summed E-state index contributed by atoms with van der Waals surface area (Å²) in [5.41, 5.74) is 0.767. The number of aliphatic imine (C=N–C) groups is 1. The molecule has 1 unspecified atom stereocenters. The molecule has 1 atom stereocenters. The summed E-state index contributed by atoms with van der Waals surface area (Å²) < 4.78 is 11.0. The van der Waals surface area contributed by atoms with Crippen molar-refractivity contribution < 1.29 is 14.6 Å². The van der Waals surface area contributed by atoms with Crippen LogP contribution in [0.4, 0.5) is 0 Å². The summed E-state index contributed by atoms with van der Waals surface area (Å²) in [7, 11) is 1.67. The normalized spacial score (nSPS) is 23.4. The lowest BCUT2D eigenvalue weighted by atomic mass is 10.1. The van der Waals surface area contributed by atoms with E-state index in [-0.39, 0.29) is 5.60 Å². The van der Waals surface area contributed by atoms with Crippen LogP contribution in [0.25, 0.3) is 0 Å². The molecule has 0 spiro atoms. The number of rotatable bonds is 5. The molecule has 20 heavy (non-hydrogen) atoms. The van der Waals surface area contributed by atoms with E-state index in [1.165, 1.54) is 12.8 Å². The van der Waals surface area contributed by atoms with E-state index in [0.717, 1.165) is 24.3 Å². The van der Waals surface area contributed by atoms with Crippen LogP contribution in [0.15, 0.2) is 16.3 Å². The summed E-state index contributed by atoms with van der Waals surface area (Å²) in [6.45, 7) is 7.10. The van der Waals surface area contributed by atoms with E-state index in [2.05, 4.69) is 4.99 Å². The maximum absolute atomic E-state index is 10.1. The van der Waals surface area contributed by atoms with E-state index >= 15 is 0 Å². The van der Waals surface area contributed by atoms with Crippen molar-refractivity contribution in [2.75, 3.05) is 20.2 Å². The molecular weight excluding hydrogens is 256 g/mol. The Bertz CT molecular complexity index is 394. The van der Waals surface area contributed by atoms with Crippen molar-refractivity contribution in [3.8, 4) is 0 Å². The Balaban J connectivity index is 1.97. The van der Waals surface area contributed by atoms with Gasteiger partial charge in [0.2, 0.25) is 6.41 Å². The third kappa shape index (κ3) is 4.58. The zero-order valence-corrected chi connectivity index (χ0v) is 12.9. The minimum atomic E-state index is -0.901. The highest BCUT2D eigenvalue weighted by Crippen LogP contribution is 2.25. The summed E-state index contributed by atoms with van der Waals surface area (Å²) in [5.74, 6) is 0.872. The van der Waals surface area contributed by atoms with Crippen molar-refractivity contribution in [3.05, 3.63) is 11.3 Å². The minimum absolute atomic E-state index is 0.371. The maximum Gasteiger partial charge on any atom is 0.217 e. The molecule has 0 aromatic heterocycles. The van der Waals surface area contributed by atoms with Gasteiger partial charge in [-0.05, 0) is 40.0 Å². The number of hydrogen-bond donors (Lipinski definition) is 1. The van der Waals surface area contributed by atoms with Crippen molar-refractivity contribution in [3.63, 3.8) is 0 Å². The van der Waals surface area contributed by atoms with Gasteiger partial charge in [-0.2, -0.15) is 0 Å². The molecule has 1 fully saturated rings. The molecule has 0 bridgehead atoms. The first-order chi connectivity index (χ1) is 9.39. The molecule has 0 radical (unpaired) electrons. The molecule has 1 saturated carbocycles. The molecule has 2 rings (SSSR count). The van der Waals surface area contributed by atoms with Crippen molar-refractivity contribution in [2.45, 2.75) is 58.1 Å². The van der Waals surface area contributed by atoms with Gasteiger partial charge in [0.1, 0.15) is 5.76 Å². The lowest BCUT2D eigenvalue weighted by Crippen LogP contribution is -2.45. The highest BCUT2D eigenvalue weighted by molar-refractivity contribution is 5.80. The fourth-order valence-electron chi connectivity index (χ4n) is 2.10. The van der Waals surface area contributed by atoms with Gasteiger partial charge in [-0.25, -0.2) is 4.90 Å². The van der Waals surface area contributed by atoms with E-state index in [1.54, 1.807) is 7.11 Å². The molecule has 5 heteroatoms. The fraction of sp³-hybridized carbons (Fsp3) is 0.800. The van der Waals surface area contributed by atoms with Gasteiger partial charge in [0.05, 0.1) is 25.3 Å². The largest absolute Gasteiger partial charge is 0.499 e. The van der Waals surface area contributed by atoms with E-state index < -0.39 is 6.41 Å². The topological polar surface area (TPSA) is 54.3 Å². The average Bonchev–Trinajstić information content (AvgIpc) is 3.18. The SMILES string of the molecule is COC1=C(/C=N/C2CC2)CCN(C(O)OC(C)(C)C)C1. The molecule has 0 saturated heterocycles. The Morgan fingerprint density at radius 3 is 2.65 bits per heavy atom. The number of aliphatic hydroxyl groups is 1. The molecule has 2 aliphatic rings. The van der Waals surface area contributed by atoms with E-state index in [1.807, 2.05) is 31.9 Å². The molecule has 0 amide bonds. The van der Waals surface area contributed by atoms with Gasteiger partial charge in [-0.15, -0.1) is 0 Å².